The molecule has 1 aromatic carbocycles. The second kappa shape index (κ2) is 8.64. The minimum atomic E-state index is -0.992. The first kappa shape index (κ1) is 25.7. The van der Waals surface area contributed by atoms with Crippen LogP contribution in [-0.4, -0.2) is 49.0 Å². The Balaban J connectivity index is 1.14. The maximum atomic E-state index is 13.3. The summed E-state index contributed by atoms with van der Waals surface area (Å²) < 4.78 is 31.1. The predicted octanol–water partition coefficient (Wildman–Crippen LogP) is 6.46. The number of carbonyl (C=O) groups is 1. The SMILES string of the molecule is C[C@@H](Sc1ccc([C@@H]2C[C@@H]2B2O[C@H]3C[C@H]4C[C@H](C4(C)C)[C@]3(C)O2)c2c1C(=O)OC(C)(C)O2)C1CCOCC1. The van der Waals surface area contributed by atoms with Crippen LogP contribution in [0.2, 0.25) is 5.82 Å². The van der Waals surface area contributed by atoms with Crippen molar-refractivity contribution in [2.75, 3.05) is 13.2 Å². The lowest BCUT2D eigenvalue weighted by Gasteiger charge is -2.64. The van der Waals surface area contributed by atoms with E-state index >= 15 is 0 Å². The number of hydrogen-bond donors (Lipinski definition) is 0. The Labute approximate surface area is 231 Å². The Hall–Kier alpha value is -1.22. The van der Waals surface area contributed by atoms with Crippen molar-refractivity contribution in [2.45, 2.75) is 113 Å². The van der Waals surface area contributed by atoms with Crippen LogP contribution in [0.4, 0.5) is 0 Å². The van der Waals surface area contributed by atoms with Gasteiger partial charge in [0.2, 0.25) is 5.79 Å². The third-order valence-electron chi connectivity index (χ3n) is 10.8. The highest BCUT2D eigenvalue weighted by molar-refractivity contribution is 8.00. The van der Waals surface area contributed by atoms with Crippen LogP contribution in [0.1, 0.15) is 95.5 Å². The van der Waals surface area contributed by atoms with E-state index in [0.717, 1.165) is 55.3 Å². The van der Waals surface area contributed by atoms with Crippen molar-refractivity contribution in [1.29, 1.82) is 0 Å². The lowest BCUT2D eigenvalue weighted by atomic mass is 9.43. The summed E-state index contributed by atoms with van der Waals surface area (Å²) in [6.45, 7) is 14.6. The van der Waals surface area contributed by atoms with E-state index in [2.05, 4.69) is 39.8 Å². The minimum Gasteiger partial charge on any atom is -0.452 e. The number of thioether (sulfide) groups is 1. The van der Waals surface area contributed by atoms with Crippen molar-refractivity contribution in [3.8, 4) is 5.75 Å². The molecule has 7 atom stereocenters. The molecule has 0 amide bonds. The van der Waals surface area contributed by atoms with Gasteiger partial charge in [-0.05, 0) is 79.7 Å². The van der Waals surface area contributed by atoms with Gasteiger partial charge in [0.15, 0.2) is 0 Å². The molecule has 3 heterocycles. The molecule has 0 aromatic heterocycles. The predicted molar refractivity (Wildman–Crippen MR) is 147 cm³/mol. The lowest BCUT2D eigenvalue weighted by Crippen LogP contribution is -2.65. The molecular weight excluding hydrogens is 499 g/mol. The summed E-state index contributed by atoms with van der Waals surface area (Å²) in [5.74, 6) is 1.84. The van der Waals surface area contributed by atoms with E-state index < -0.39 is 5.79 Å². The largest absolute Gasteiger partial charge is 0.461 e. The number of fused-ring (bicyclic) bond motifs is 1. The molecule has 1 aromatic rings. The number of cyclic esters (lactones) is 1. The molecule has 7 aliphatic rings. The van der Waals surface area contributed by atoms with E-state index in [-0.39, 0.29) is 36.5 Å². The average molecular weight is 541 g/mol. The first-order valence-corrected chi connectivity index (χ1v) is 15.5. The van der Waals surface area contributed by atoms with E-state index in [9.17, 15) is 4.79 Å². The molecule has 4 saturated carbocycles. The fourth-order valence-electron chi connectivity index (χ4n) is 8.25. The Kier molecular flexibility index (Phi) is 5.85. The number of ether oxygens (including phenoxy) is 3. The molecule has 0 spiro atoms. The third kappa shape index (κ3) is 3.91. The summed E-state index contributed by atoms with van der Waals surface area (Å²) in [4.78, 5) is 14.3. The van der Waals surface area contributed by atoms with Gasteiger partial charge in [0.05, 0.1) is 11.7 Å². The van der Waals surface area contributed by atoms with Crippen LogP contribution in [0, 0.1) is 23.2 Å². The number of benzene rings is 1. The third-order valence-corrected chi connectivity index (χ3v) is 12.2. The molecular formula is C30H41BO6S. The second-order valence-corrected chi connectivity index (χ2v) is 15.3. The molecule has 8 rings (SSSR count). The molecule has 2 bridgehead atoms. The second-order valence-electron chi connectivity index (χ2n) is 13.9. The Morgan fingerprint density at radius 1 is 1.03 bits per heavy atom. The van der Waals surface area contributed by atoms with Gasteiger partial charge in [0, 0.05) is 43.0 Å². The van der Waals surface area contributed by atoms with Crippen molar-refractivity contribution in [3.05, 3.63) is 23.3 Å². The van der Waals surface area contributed by atoms with Crippen molar-refractivity contribution in [3.63, 3.8) is 0 Å². The van der Waals surface area contributed by atoms with E-state index in [1.807, 2.05) is 13.8 Å². The molecule has 3 aliphatic heterocycles. The zero-order valence-electron chi connectivity index (χ0n) is 23.6. The number of carbonyl (C=O) groups excluding carboxylic acids is 1. The molecule has 206 valence electrons. The maximum Gasteiger partial charge on any atom is 0.461 e. The number of rotatable bonds is 5. The molecule has 38 heavy (non-hydrogen) atoms. The van der Waals surface area contributed by atoms with Crippen LogP contribution in [0.3, 0.4) is 0 Å². The van der Waals surface area contributed by atoms with Crippen LogP contribution in [0.25, 0.3) is 0 Å². The van der Waals surface area contributed by atoms with Crippen molar-refractivity contribution in [2.24, 2.45) is 23.2 Å². The molecule has 6 fully saturated rings. The van der Waals surface area contributed by atoms with Crippen LogP contribution in [-0.2, 0) is 18.8 Å². The van der Waals surface area contributed by atoms with Gasteiger partial charge in [-0.3, -0.25) is 0 Å². The van der Waals surface area contributed by atoms with Gasteiger partial charge in [0.1, 0.15) is 11.3 Å². The van der Waals surface area contributed by atoms with Gasteiger partial charge >= 0.3 is 13.1 Å². The monoisotopic (exact) mass is 540 g/mol. The highest BCUT2D eigenvalue weighted by Gasteiger charge is 2.70. The summed E-state index contributed by atoms with van der Waals surface area (Å²) in [5, 5.41) is 0.380. The van der Waals surface area contributed by atoms with Gasteiger partial charge in [-0.2, -0.15) is 0 Å². The van der Waals surface area contributed by atoms with Crippen molar-refractivity contribution >= 4 is 24.8 Å². The van der Waals surface area contributed by atoms with Gasteiger partial charge in [0.25, 0.3) is 0 Å². The molecule has 0 N–H and O–H groups in total. The zero-order chi connectivity index (χ0) is 26.6. The van der Waals surface area contributed by atoms with Gasteiger partial charge < -0.3 is 23.5 Å². The zero-order valence-corrected chi connectivity index (χ0v) is 24.4. The molecule has 6 nitrogen and oxygen atoms in total. The highest BCUT2D eigenvalue weighted by atomic mass is 32.2. The fraction of sp³-hybridized carbons (Fsp3) is 0.767. The first-order chi connectivity index (χ1) is 18.0. The molecule has 0 unspecified atom stereocenters. The first-order valence-electron chi connectivity index (χ1n) is 14.6. The summed E-state index contributed by atoms with van der Waals surface area (Å²) in [7, 11) is -0.188. The van der Waals surface area contributed by atoms with E-state index in [4.69, 9.17) is 23.5 Å². The van der Waals surface area contributed by atoms with Crippen LogP contribution >= 0.6 is 11.8 Å². The Morgan fingerprint density at radius 3 is 2.53 bits per heavy atom. The average Bonchev–Trinajstić information content (AvgIpc) is 3.56. The van der Waals surface area contributed by atoms with Crippen molar-refractivity contribution < 1.29 is 28.3 Å². The molecule has 4 aliphatic carbocycles. The van der Waals surface area contributed by atoms with Crippen LogP contribution in [0.5, 0.6) is 5.75 Å². The minimum absolute atomic E-state index is 0.188. The fourth-order valence-corrected chi connectivity index (χ4v) is 9.56. The van der Waals surface area contributed by atoms with E-state index in [1.165, 1.54) is 6.42 Å². The quantitative estimate of drug-likeness (QED) is 0.241. The van der Waals surface area contributed by atoms with Gasteiger partial charge in [-0.1, -0.05) is 26.8 Å². The van der Waals surface area contributed by atoms with Gasteiger partial charge in [-0.15, -0.1) is 11.8 Å². The Bertz CT molecular complexity index is 1150. The molecule has 2 saturated heterocycles. The van der Waals surface area contributed by atoms with E-state index in [1.54, 1.807) is 11.8 Å². The van der Waals surface area contributed by atoms with Crippen molar-refractivity contribution in [1.82, 2.24) is 0 Å². The highest BCUT2D eigenvalue weighted by Crippen LogP contribution is 2.68. The summed E-state index contributed by atoms with van der Waals surface area (Å²) >= 11 is 1.77. The number of hydrogen-bond acceptors (Lipinski definition) is 7. The lowest BCUT2D eigenvalue weighted by molar-refractivity contribution is -0.199. The summed E-state index contributed by atoms with van der Waals surface area (Å²) in [6, 6.07) is 4.29. The Morgan fingerprint density at radius 2 is 1.79 bits per heavy atom. The molecule has 0 radical (unpaired) electrons. The smallest absolute Gasteiger partial charge is 0.452 e. The normalized spacial score (nSPS) is 39.4. The molecule has 8 heteroatoms. The topological polar surface area (TPSA) is 63.2 Å². The standard InChI is InChI=1S/C30H41BO6S/c1-16(17-9-11-33-12-10-17)38-22-8-7-19(26-25(22)27(32)35-29(4,5)34-26)20-15-21(20)31-36-24-14-18-13-23(28(18,2)3)30(24,6)37-31/h7-8,16-18,20-21,23-24H,9-15H2,1-6H3/t16-,18-,20+,21+,23-,24+,30+/m1/s1. The van der Waals surface area contributed by atoms with Crippen LogP contribution in [0.15, 0.2) is 17.0 Å². The van der Waals surface area contributed by atoms with Crippen LogP contribution < -0.4 is 4.74 Å². The number of esters is 1. The van der Waals surface area contributed by atoms with E-state index in [0.29, 0.717) is 33.8 Å². The summed E-state index contributed by atoms with van der Waals surface area (Å²) in [5.41, 5.74) is 1.82. The van der Waals surface area contributed by atoms with Gasteiger partial charge in [-0.25, -0.2) is 4.79 Å². The summed E-state index contributed by atoms with van der Waals surface area (Å²) in [6.07, 6.45) is 5.66. The maximum absolute atomic E-state index is 13.3.